The summed E-state index contributed by atoms with van der Waals surface area (Å²) in [6, 6.07) is 14.4. The summed E-state index contributed by atoms with van der Waals surface area (Å²) in [5, 5.41) is 0. The third-order valence-electron chi connectivity index (χ3n) is 4.60. The van der Waals surface area contributed by atoms with E-state index in [9.17, 15) is 4.39 Å². The molecule has 2 aromatic heterocycles. The quantitative estimate of drug-likeness (QED) is 0.684. The van der Waals surface area contributed by atoms with Crippen molar-refractivity contribution >= 4 is 6.02 Å². The number of hydrogen-bond donors (Lipinski definition) is 1. The summed E-state index contributed by atoms with van der Waals surface area (Å²) in [4.78, 5) is 12.7. The van der Waals surface area contributed by atoms with E-state index in [0.717, 1.165) is 11.1 Å². The molecule has 1 atom stereocenters. The van der Waals surface area contributed by atoms with Crippen LogP contribution in [0.2, 0.25) is 0 Å². The first-order valence-corrected chi connectivity index (χ1v) is 8.05. The van der Waals surface area contributed by atoms with Gasteiger partial charge in [-0.25, -0.2) is 15.0 Å². The molecule has 1 unspecified atom stereocenters. The van der Waals surface area contributed by atoms with Crippen LogP contribution in [-0.4, -0.2) is 22.6 Å². The first-order chi connectivity index (χ1) is 12.7. The number of pyridine rings is 2. The van der Waals surface area contributed by atoms with Gasteiger partial charge in [0.1, 0.15) is 12.4 Å². The monoisotopic (exact) mass is 348 g/mol. The molecule has 0 fully saturated rings. The van der Waals surface area contributed by atoms with E-state index in [1.807, 2.05) is 30.3 Å². The number of ether oxygens (including phenoxy) is 2. The van der Waals surface area contributed by atoms with Gasteiger partial charge in [0.2, 0.25) is 11.8 Å². The number of nitrogens with zero attached hydrogens (tertiary/aromatic N) is 3. The van der Waals surface area contributed by atoms with Crippen molar-refractivity contribution in [3.63, 3.8) is 0 Å². The van der Waals surface area contributed by atoms with Crippen LogP contribution in [0.25, 0.3) is 11.3 Å². The molecule has 4 heterocycles. The van der Waals surface area contributed by atoms with E-state index in [-0.39, 0.29) is 12.6 Å². The summed E-state index contributed by atoms with van der Waals surface area (Å²) in [6.07, 6.45) is 1.40. The number of rotatable bonds is 1. The summed E-state index contributed by atoms with van der Waals surface area (Å²) in [7, 11) is 0. The Balaban J connectivity index is 1.71. The van der Waals surface area contributed by atoms with E-state index in [1.165, 1.54) is 12.3 Å². The molecule has 1 aromatic carbocycles. The summed E-state index contributed by atoms with van der Waals surface area (Å²) in [5.41, 5.74) is 7.85. The highest BCUT2D eigenvalue weighted by atomic mass is 19.1. The van der Waals surface area contributed by atoms with Crippen LogP contribution in [0.3, 0.4) is 0 Å². The molecule has 26 heavy (non-hydrogen) atoms. The number of para-hydroxylation sites is 1. The van der Waals surface area contributed by atoms with Crippen molar-refractivity contribution in [1.82, 2.24) is 9.97 Å². The van der Waals surface area contributed by atoms with E-state index in [4.69, 9.17) is 15.2 Å². The van der Waals surface area contributed by atoms with Crippen LogP contribution in [-0.2, 0) is 10.3 Å². The maximum absolute atomic E-state index is 13.5. The fourth-order valence-electron chi connectivity index (χ4n) is 3.41. The first kappa shape index (κ1) is 14.8. The number of hydrogen-bond acceptors (Lipinski definition) is 6. The minimum Gasteiger partial charge on any atom is -0.462 e. The van der Waals surface area contributed by atoms with Crippen LogP contribution in [0.4, 0.5) is 4.39 Å². The SMILES string of the molecule is NC1=NC2(CO1)c1ccccc1Oc1nc(-c3ccnc(F)c3)ccc12. The lowest BCUT2D eigenvalue weighted by Crippen LogP contribution is -2.31. The third-order valence-corrected chi connectivity index (χ3v) is 4.60. The maximum atomic E-state index is 13.5. The van der Waals surface area contributed by atoms with Crippen molar-refractivity contribution in [1.29, 1.82) is 0 Å². The molecule has 2 aliphatic heterocycles. The number of aromatic nitrogens is 2. The Morgan fingerprint density at radius 2 is 1.96 bits per heavy atom. The average Bonchev–Trinajstić information content (AvgIpc) is 3.04. The van der Waals surface area contributed by atoms with Gasteiger partial charge in [0.05, 0.1) is 11.3 Å². The summed E-state index contributed by atoms with van der Waals surface area (Å²) >= 11 is 0. The smallest absolute Gasteiger partial charge is 0.283 e. The molecule has 6 nitrogen and oxygen atoms in total. The Bertz CT molecular complexity index is 1070. The highest BCUT2D eigenvalue weighted by molar-refractivity contribution is 5.76. The maximum Gasteiger partial charge on any atom is 0.283 e. The van der Waals surface area contributed by atoms with Gasteiger partial charge in [-0.2, -0.15) is 4.39 Å². The van der Waals surface area contributed by atoms with E-state index in [2.05, 4.69) is 15.0 Å². The van der Waals surface area contributed by atoms with Crippen LogP contribution in [0.5, 0.6) is 11.6 Å². The predicted molar refractivity (Wildman–Crippen MR) is 92.3 cm³/mol. The zero-order valence-electron chi connectivity index (χ0n) is 13.5. The highest BCUT2D eigenvalue weighted by Gasteiger charge is 2.47. The molecule has 1 spiro atoms. The number of aliphatic imine (C=N–C) groups is 1. The largest absolute Gasteiger partial charge is 0.462 e. The molecule has 0 amide bonds. The molecule has 3 aromatic rings. The van der Waals surface area contributed by atoms with Crippen molar-refractivity contribution in [2.24, 2.45) is 10.7 Å². The fourth-order valence-corrected chi connectivity index (χ4v) is 3.41. The number of fused-ring (bicyclic) bond motifs is 4. The number of benzene rings is 1. The average molecular weight is 348 g/mol. The molecular formula is C19H13FN4O2. The van der Waals surface area contributed by atoms with Gasteiger partial charge in [-0.3, -0.25) is 0 Å². The molecule has 0 bridgehead atoms. The number of nitrogens with two attached hydrogens (primary N) is 1. The Kier molecular flexibility index (Phi) is 3.00. The number of halogens is 1. The van der Waals surface area contributed by atoms with Crippen LogP contribution >= 0.6 is 0 Å². The fraction of sp³-hybridized carbons (Fsp3) is 0.105. The van der Waals surface area contributed by atoms with Gasteiger partial charge in [-0.05, 0) is 24.3 Å². The van der Waals surface area contributed by atoms with Gasteiger partial charge in [-0.1, -0.05) is 18.2 Å². The highest BCUT2D eigenvalue weighted by Crippen LogP contribution is 2.50. The topological polar surface area (TPSA) is 82.6 Å². The minimum atomic E-state index is -0.788. The summed E-state index contributed by atoms with van der Waals surface area (Å²) in [5.74, 6) is 0.486. The Labute approximate surface area is 148 Å². The summed E-state index contributed by atoms with van der Waals surface area (Å²) in [6.45, 7) is 0.275. The van der Waals surface area contributed by atoms with Crippen molar-refractivity contribution in [2.45, 2.75) is 5.54 Å². The lowest BCUT2D eigenvalue weighted by molar-refractivity contribution is 0.262. The van der Waals surface area contributed by atoms with Gasteiger partial charge in [0, 0.05) is 23.4 Å². The van der Waals surface area contributed by atoms with Crippen molar-refractivity contribution in [3.8, 4) is 22.9 Å². The lowest BCUT2D eigenvalue weighted by atomic mass is 9.82. The number of amidine groups is 1. The minimum absolute atomic E-state index is 0.132. The second kappa shape index (κ2) is 5.26. The van der Waals surface area contributed by atoms with Crippen LogP contribution in [0.1, 0.15) is 11.1 Å². The zero-order chi connectivity index (χ0) is 17.7. The van der Waals surface area contributed by atoms with E-state index >= 15 is 0 Å². The molecule has 0 saturated heterocycles. The molecule has 7 heteroatoms. The summed E-state index contributed by atoms with van der Waals surface area (Å²) < 4.78 is 24.9. The van der Waals surface area contributed by atoms with E-state index < -0.39 is 11.5 Å². The van der Waals surface area contributed by atoms with Crippen LogP contribution in [0.15, 0.2) is 59.7 Å². The van der Waals surface area contributed by atoms with Crippen molar-refractivity contribution < 1.29 is 13.9 Å². The predicted octanol–water partition coefficient (Wildman–Crippen LogP) is 2.98. The molecule has 0 saturated carbocycles. The third kappa shape index (κ3) is 2.07. The standard InChI is InChI=1S/C19H13FN4O2/c20-16-9-11(7-8-22-16)14-6-5-13-17(23-14)26-15-4-2-1-3-12(15)19(13)10-25-18(21)24-19/h1-9H,10H2,(H2,21,24). The van der Waals surface area contributed by atoms with E-state index in [0.29, 0.717) is 22.9 Å². The van der Waals surface area contributed by atoms with Crippen LogP contribution < -0.4 is 10.5 Å². The normalized spacial score (nSPS) is 20.0. The van der Waals surface area contributed by atoms with Gasteiger partial charge in [0.15, 0.2) is 5.54 Å². The van der Waals surface area contributed by atoms with Crippen LogP contribution in [0, 0.1) is 5.95 Å². The first-order valence-electron chi connectivity index (χ1n) is 8.05. The second-order valence-corrected chi connectivity index (χ2v) is 6.11. The molecule has 0 aliphatic carbocycles. The van der Waals surface area contributed by atoms with Gasteiger partial charge in [-0.15, -0.1) is 0 Å². The van der Waals surface area contributed by atoms with Gasteiger partial charge < -0.3 is 15.2 Å². The van der Waals surface area contributed by atoms with Gasteiger partial charge in [0.25, 0.3) is 6.02 Å². The molecule has 5 rings (SSSR count). The Hall–Kier alpha value is -3.48. The molecule has 128 valence electrons. The molecular weight excluding hydrogens is 335 g/mol. The zero-order valence-corrected chi connectivity index (χ0v) is 13.5. The Morgan fingerprint density at radius 1 is 1.08 bits per heavy atom. The van der Waals surface area contributed by atoms with Crippen molar-refractivity contribution in [3.05, 3.63) is 71.8 Å². The molecule has 2 N–H and O–H groups in total. The molecule has 0 radical (unpaired) electrons. The lowest BCUT2D eigenvalue weighted by Gasteiger charge is -2.32. The van der Waals surface area contributed by atoms with Gasteiger partial charge >= 0.3 is 0 Å². The molecule has 2 aliphatic rings. The van der Waals surface area contributed by atoms with Crippen molar-refractivity contribution in [2.75, 3.05) is 6.61 Å². The second-order valence-electron chi connectivity index (χ2n) is 6.11. The Morgan fingerprint density at radius 3 is 2.77 bits per heavy atom. The van der Waals surface area contributed by atoms with E-state index in [1.54, 1.807) is 12.1 Å².